The van der Waals surface area contributed by atoms with Crippen LogP contribution in [0.4, 0.5) is 4.79 Å². The highest BCUT2D eigenvalue weighted by molar-refractivity contribution is 7.99. The molecule has 0 aliphatic carbocycles. The van der Waals surface area contributed by atoms with E-state index in [1.165, 1.54) is 11.8 Å². The lowest BCUT2D eigenvalue weighted by atomic mass is 10.2. The van der Waals surface area contributed by atoms with Gasteiger partial charge in [-0.3, -0.25) is 0 Å². The van der Waals surface area contributed by atoms with Gasteiger partial charge in [0.2, 0.25) is 0 Å². The molecule has 0 heterocycles. The van der Waals surface area contributed by atoms with Crippen molar-refractivity contribution in [3.63, 3.8) is 0 Å². The predicted molar refractivity (Wildman–Crippen MR) is 76.3 cm³/mol. The zero-order valence-corrected chi connectivity index (χ0v) is 12.4. The van der Waals surface area contributed by atoms with Gasteiger partial charge in [-0.1, -0.05) is 6.08 Å². The molecule has 0 aliphatic heterocycles. The summed E-state index contributed by atoms with van der Waals surface area (Å²) in [6.07, 6.45) is 0.994. The molecule has 6 nitrogen and oxygen atoms in total. The first-order valence-electron chi connectivity index (χ1n) is 5.88. The first-order valence-corrected chi connectivity index (χ1v) is 7.03. The zero-order chi connectivity index (χ0) is 14.9. The van der Waals surface area contributed by atoms with E-state index in [0.29, 0.717) is 12.4 Å². The van der Waals surface area contributed by atoms with Gasteiger partial charge in [0.15, 0.2) is 0 Å². The van der Waals surface area contributed by atoms with Gasteiger partial charge >= 0.3 is 12.1 Å². The highest BCUT2D eigenvalue weighted by Gasteiger charge is 2.23. The Balaban J connectivity index is 4.08. The van der Waals surface area contributed by atoms with Crippen LogP contribution in [0.15, 0.2) is 12.7 Å². The molecule has 110 valence electrons. The molecule has 0 aromatic carbocycles. The van der Waals surface area contributed by atoms with Crippen molar-refractivity contribution < 1.29 is 19.4 Å². The van der Waals surface area contributed by atoms with E-state index in [4.69, 9.17) is 9.84 Å². The normalized spacial score (nSPS) is 12.6. The van der Waals surface area contributed by atoms with Crippen molar-refractivity contribution in [1.29, 1.82) is 0 Å². The number of carbonyl (C=O) groups is 2. The lowest BCUT2D eigenvalue weighted by molar-refractivity contribution is -0.138. The van der Waals surface area contributed by atoms with Crippen molar-refractivity contribution in [3.05, 3.63) is 12.7 Å². The molecule has 0 bridgehead atoms. The van der Waals surface area contributed by atoms with E-state index >= 15 is 0 Å². The number of rotatable bonds is 8. The molecule has 1 atom stereocenters. The molecular weight excluding hydrogens is 268 g/mol. The van der Waals surface area contributed by atoms with E-state index in [1.807, 2.05) is 0 Å². The predicted octanol–water partition coefficient (Wildman–Crippen LogP) is 1.43. The quantitative estimate of drug-likeness (QED) is 0.356. The summed E-state index contributed by atoms with van der Waals surface area (Å²) in [6.45, 7) is 9.37. The second kappa shape index (κ2) is 8.82. The van der Waals surface area contributed by atoms with Crippen LogP contribution in [0.2, 0.25) is 0 Å². The maximum Gasteiger partial charge on any atom is 0.408 e. The Morgan fingerprint density at radius 3 is 2.58 bits per heavy atom. The highest BCUT2D eigenvalue weighted by Crippen LogP contribution is 2.08. The van der Waals surface area contributed by atoms with E-state index in [0.717, 1.165) is 0 Å². The summed E-state index contributed by atoms with van der Waals surface area (Å²) in [5.41, 5.74) is -0.647. The maximum atomic E-state index is 11.5. The van der Waals surface area contributed by atoms with Crippen LogP contribution in [0.1, 0.15) is 20.8 Å². The van der Waals surface area contributed by atoms with Gasteiger partial charge in [0.05, 0.1) is 0 Å². The van der Waals surface area contributed by atoms with Crippen LogP contribution in [0.3, 0.4) is 0 Å². The molecule has 7 heteroatoms. The van der Waals surface area contributed by atoms with E-state index < -0.39 is 23.7 Å². The Hall–Kier alpha value is -1.21. The Labute approximate surface area is 118 Å². The van der Waals surface area contributed by atoms with Gasteiger partial charge in [-0.05, 0) is 20.8 Å². The summed E-state index contributed by atoms with van der Waals surface area (Å²) in [4.78, 5) is 22.5. The lowest BCUT2D eigenvalue weighted by Crippen LogP contribution is -2.45. The number of hydrogen-bond acceptors (Lipinski definition) is 5. The first kappa shape index (κ1) is 17.8. The minimum absolute atomic E-state index is 0.263. The number of thioether (sulfide) groups is 1. The van der Waals surface area contributed by atoms with Crippen LogP contribution in [-0.4, -0.2) is 47.0 Å². The number of amides is 1. The molecule has 0 saturated heterocycles. The minimum Gasteiger partial charge on any atom is -0.480 e. The van der Waals surface area contributed by atoms with E-state index in [1.54, 1.807) is 26.8 Å². The monoisotopic (exact) mass is 290 g/mol. The van der Waals surface area contributed by atoms with Crippen molar-refractivity contribution in [2.24, 2.45) is 0 Å². The molecule has 3 N–H and O–H groups in total. The van der Waals surface area contributed by atoms with E-state index in [9.17, 15) is 9.59 Å². The van der Waals surface area contributed by atoms with Crippen molar-refractivity contribution >= 4 is 23.8 Å². The van der Waals surface area contributed by atoms with Crippen molar-refractivity contribution in [1.82, 2.24) is 10.6 Å². The van der Waals surface area contributed by atoms with Crippen LogP contribution < -0.4 is 10.6 Å². The first-order chi connectivity index (χ1) is 8.76. The molecule has 0 radical (unpaired) electrons. The number of hydrogen-bond donors (Lipinski definition) is 3. The van der Waals surface area contributed by atoms with Gasteiger partial charge in [-0.15, -0.1) is 18.3 Å². The number of carbonyl (C=O) groups excluding carboxylic acids is 1. The standard InChI is InChI=1S/C12H22N2O4S/c1-5-6-13-8-19-7-9(10(15)16)14-11(17)18-12(2,3)4/h5,9,13H,1,6-8H2,2-4H3,(H,14,17)(H,15,16). The minimum atomic E-state index is -1.08. The van der Waals surface area contributed by atoms with Crippen LogP contribution in [0, 0.1) is 0 Å². The van der Waals surface area contributed by atoms with Gasteiger partial charge in [-0.25, -0.2) is 9.59 Å². The molecule has 19 heavy (non-hydrogen) atoms. The SMILES string of the molecule is C=CCNCSCC(NC(=O)OC(C)(C)C)C(=O)O. The third-order valence-corrected chi connectivity index (χ3v) is 2.74. The summed E-state index contributed by atoms with van der Waals surface area (Å²) in [6, 6.07) is -0.967. The second-order valence-corrected chi connectivity index (χ2v) is 5.83. The third-order valence-electron chi connectivity index (χ3n) is 1.77. The average molecular weight is 290 g/mol. The van der Waals surface area contributed by atoms with E-state index in [2.05, 4.69) is 17.2 Å². The van der Waals surface area contributed by atoms with Crippen molar-refractivity contribution in [2.45, 2.75) is 32.4 Å². The number of carboxylic acid groups (broad SMARTS) is 1. The zero-order valence-electron chi connectivity index (χ0n) is 11.6. The van der Waals surface area contributed by atoms with Gasteiger partial charge in [-0.2, -0.15) is 0 Å². The summed E-state index contributed by atoms with van der Waals surface area (Å²) in [5, 5.41) is 14.4. The number of nitrogens with one attached hydrogen (secondary N) is 2. The molecule has 0 rings (SSSR count). The van der Waals surface area contributed by atoms with Crippen LogP contribution in [0.25, 0.3) is 0 Å². The second-order valence-electron chi connectivity index (χ2n) is 4.79. The number of ether oxygens (including phenoxy) is 1. The fourth-order valence-corrected chi connectivity index (χ4v) is 1.88. The van der Waals surface area contributed by atoms with Gasteiger partial charge in [0.1, 0.15) is 11.6 Å². The molecular formula is C12H22N2O4S. The summed E-state index contributed by atoms with van der Waals surface area (Å²) < 4.78 is 5.01. The van der Waals surface area contributed by atoms with Crippen LogP contribution in [-0.2, 0) is 9.53 Å². The third kappa shape index (κ3) is 10.4. The smallest absolute Gasteiger partial charge is 0.408 e. The van der Waals surface area contributed by atoms with Gasteiger partial charge < -0.3 is 20.5 Å². The molecule has 0 aliphatic rings. The van der Waals surface area contributed by atoms with Crippen LogP contribution >= 0.6 is 11.8 Å². The average Bonchev–Trinajstić information content (AvgIpc) is 2.24. The van der Waals surface area contributed by atoms with Crippen molar-refractivity contribution in [2.75, 3.05) is 18.2 Å². The molecule has 0 saturated carbocycles. The largest absolute Gasteiger partial charge is 0.480 e. The molecule has 0 aromatic rings. The number of carboxylic acids is 1. The highest BCUT2D eigenvalue weighted by atomic mass is 32.2. The number of aliphatic carboxylic acids is 1. The van der Waals surface area contributed by atoms with Crippen molar-refractivity contribution in [3.8, 4) is 0 Å². The van der Waals surface area contributed by atoms with Gasteiger partial charge in [0, 0.05) is 18.2 Å². The Morgan fingerprint density at radius 2 is 2.11 bits per heavy atom. The summed E-state index contributed by atoms with van der Waals surface area (Å²) in [5.74, 6) is -0.230. The Kier molecular flexibility index (Phi) is 8.26. The topological polar surface area (TPSA) is 87.7 Å². The van der Waals surface area contributed by atoms with Gasteiger partial charge in [0.25, 0.3) is 0 Å². The summed E-state index contributed by atoms with van der Waals surface area (Å²) in [7, 11) is 0. The number of alkyl carbamates (subject to hydrolysis) is 1. The Morgan fingerprint density at radius 1 is 1.47 bits per heavy atom. The molecule has 1 unspecified atom stereocenters. The summed E-state index contributed by atoms with van der Waals surface area (Å²) >= 11 is 1.38. The lowest BCUT2D eigenvalue weighted by Gasteiger charge is -2.21. The fourth-order valence-electron chi connectivity index (χ4n) is 1.03. The maximum absolute atomic E-state index is 11.5. The molecule has 0 fully saturated rings. The molecule has 0 aromatic heterocycles. The molecule has 1 amide bonds. The Bertz CT molecular complexity index is 315. The van der Waals surface area contributed by atoms with E-state index in [-0.39, 0.29) is 5.75 Å². The molecule has 0 spiro atoms. The fraction of sp³-hybridized carbons (Fsp3) is 0.667. The van der Waals surface area contributed by atoms with Crippen LogP contribution in [0.5, 0.6) is 0 Å².